The molecular weight excluding hydrogens is 402 g/mol. The Hall–Kier alpha value is -2.12. The maximum atomic E-state index is 13.2. The molecule has 1 aromatic carbocycles. The van der Waals surface area contributed by atoms with Crippen LogP contribution in [0.15, 0.2) is 34.2 Å². The van der Waals surface area contributed by atoms with E-state index in [1.165, 1.54) is 27.8 Å². The van der Waals surface area contributed by atoms with Crippen molar-refractivity contribution in [2.24, 2.45) is 0 Å². The molecule has 1 aliphatic rings. The molecule has 1 N–H and O–H groups in total. The van der Waals surface area contributed by atoms with Crippen molar-refractivity contribution in [1.82, 2.24) is 9.55 Å². The van der Waals surface area contributed by atoms with Gasteiger partial charge < -0.3 is 5.32 Å². The van der Waals surface area contributed by atoms with Crippen LogP contribution in [0.25, 0.3) is 10.2 Å². The van der Waals surface area contributed by atoms with E-state index in [1.54, 1.807) is 15.9 Å². The summed E-state index contributed by atoms with van der Waals surface area (Å²) in [6.45, 7) is 4.77. The van der Waals surface area contributed by atoms with Gasteiger partial charge in [-0.3, -0.25) is 14.2 Å². The highest BCUT2D eigenvalue weighted by molar-refractivity contribution is 7.99. The van der Waals surface area contributed by atoms with E-state index < -0.39 is 0 Å². The van der Waals surface area contributed by atoms with E-state index in [0.29, 0.717) is 11.7 Å². The number of benzene rings is 1. The first-order chi connectivity index (χ1) is 14.1. The topological polar surface area (TPSA) is 64.0 Å². The highest BCUT2D eigenvalue weighted by Crippen LogP contribution is 2.35. The van der Waals surface area contributed by atoms with Crippen molar-refractivity contribution in [2.45, 2.75) is 57.7 Å². The molecule has 0 spiro atoms. The third-order valence-electron chi connectivity index (χ3n) is 5.22. The van der Waals surface area contributed by atoms with Crippen molar-refractivity contribution in [2.75, 3.05) is 11.1 Å². The monoisotopic (exact) mass is 427 g/mol. The van der Waals surface area contributed by atoms with E-state index >= 15 is 0 Å². The van der Waals surface area contributed by atoms with Crippen LogP contribution in [-0.2, 0) is 30.6 Å². The van der Waals surface area contributed by atoms with Crippen molar-refractivity contribution >= 4 is 44.9 Å². The van der Waals surface area contributed by atoms with Crippen LogP contribution in [-0.4, -0.2) is 21.2 Å². The largest absolute Gasteiger partial charge is 0.325 e. The molecule has 5 nitrogen and oxygen atoms in total. The first-order valence-corrected chi connectivity index (χ1v) is 12.0. The Morgan fingerprint density at radius 2 is 2.03 bits per heavy atom. The van der Waals surface area contributed by atoms with E-state index in [0.717, 1.165) is 48.0 Å². The summed E-state index contributed by atoms with van der Waals surface area (Å²) in [6.07, 6.45) is 4.97. The summed E-state index contributed by atoms with van der Waals surface area (Å²) >= 11 is 2.98. The summed E-state index contributed by atoms with van der Waals surface area (Å²) in [6, 6.07) is 7.89. The smallest absolute Gasteiger partial charge is 0.263 e. The van der Waals surface area contributed by atoms with Crippen LogP contribution in [0.3, 0.4) is 0 Å². The molecule has 1 aliphatic carbocycles. The second-order valence-corrected chi connectivity index (χ2v) is 9.30. The molecule has 0 saturated carbocycles. The number of amides is 1. The van der Waals surface area contributed by atoms with Gasteiger partial charge in [-0.25, -0.2) is 4.98 Å². The Morgan fingerprint density at radius 1 is 1.24 bits per heavy atom. The van der Waals surface area contributed by atoms with E-state index in [9.17, 15) is 9.59 Å². The molecule has 1 amide bonds. The number of hydrogen-bond donors (Lipinski definition) is 1. The molecule has 0 bridgehead atoms. The molecule has 0 fully saturated rings. The molecule has 3 aromatic rings. The number of nitrogens with zero attached hydrogens (tertiary/aromatic N) is 2. The lowest BCUT2D eigenvalue weighted by molar-refractivity contribution is -0.113. The van der Waals surface area contributed by atoms with Gasteiger partial charge in [0, 0.05) is 17.1 Å². The fraction of sp³-hybridized carbons (Fsp3) is 0.409. The molecule has 29 heavy (non-hydrogen) atoms. The van der Waals surface area contributed by atoms with Crippen molar-refractivity contribution in [1.29, 1.82) is 0 Å². The second-order valence-electron chi connectivity index (χ2n) is 7.28. The molecule has 0 aliphatic heterocycles. The third kappa shape index (κ3) is 4.12. The zero-order valence-electron chi connectivity index (χ0n) is 16.8. The number of thiophene rings is 1. The Bertz CT molecular complexity index is 1100. The van der Waals surface area contributed by atoms with E-state index in [-0.39, 0.29) is 17.2 Å². The molecule has 0 saturated heterocycles. The molecular formula is C22H25N3O2S2. The highest BCUT2D eigenvalue weighted by Gasteiger charge is 2.23. The average Bonchev–Trinajstić information content (AvgIpc) is 3.30. The number of fused-ring (bicyclic) bond motifs is 3. The minimum Gasteiger partial charge on any atom is -0.325 e. The molecule has 0 radical (unpaired) electrons. The lowest BCUT2D eigenvalue weighted by Crippen LogP contribution is -2.24. The molecule has 0 unspecified atom stereocenters. The number of carbonyl (C=O) groups excluding carboxylic acids is 1. The first kappa shape index (κ1) is 20.2. The fourth-order valence-corrected chi connectivity index (χ4v) is 5.87. The van der Waals surface area contributed by atoms with Gasteiger partial charge in [0.25, 0.3) is 5.56 Å². The van der Waals surface area contributed by atoms with Gasteiger partial charge in [-0.1, -0.05) is 37.7 Å². The zero-order chi connectivity index (χ0) is 20.4. The van der Waals surface area contributed by atoms with Crippen molar-refractivity contribution in [3.05, 3.63) is 50.6 Å². The van der Waals surface area contributed by atoms with Crippen molar-refractivity contribution in [3.63, 3.8) is 0 Å². The van der Waals surface area contributed by atoms with Crippen LogP contribution in [0.1, 0.15) is 42.7 Å². The minimum absolute atomic E-state index is 0.0503. The van der Waals surface area contributed by atoms with Crippen molar-refractivity contribution in [3.8, 4) is 0 Å². The summed E-state index contributed by atoms with van der Waals surface area (Å²) in [5.74, 6) is 0.132. The molecule has 0 atom stereocenters. The third-order valence-corrected chi connectivity index (χ3v) is 7.38. The highest BCUT2D eigenvalue weighted by atomic mass is 32.2. The first-order valence-electron chi connectivity index (χ1n) is 10.2. The van der Waals surface area contributed by atoms with E-state index in [4.69, 9.17) is 4.98 Å². The Balaban J connectivity index is 1.54. The molecule has 2 aromatic heterocycles. The van der Waals surface area contributed by atoms with Crippen LogP contribution in [0.4, 0.5) is 5.69 Å². The van der Waals surface area contributed by atoms with Crippen LogP contribution >= 0.6 is 23.1 Å². The Labute approximate surface area is 178 Å². The number of anilines is 1. The molecule has 2 heterocycles. The van der Waals surface area contributed by atoms with E-state index in [1.807, 2.05) is 24.3 Å². The number of rotatable bonds is 7. The van der Waals surface area contributed by atoms with Gasteiger partial charge in [-0.15, -0.1) is 11.3 Å². The predicted molar refractivity (Wildman–Crippen MR) is 121 cm³/mol. The van der Waals surface area contributed by atoms with Crippen molar-refractivity contribution < 1.29 is 4.79 Å². The number of hydrogen-bond acceptors (Lipinski definition) is 5. The summed E-state index contributed by atoms with van der Waals surface area (Å²) in [7, 11) is 0. The van der Waals surface area contributed by atoms with Crippen LogP contribution < -0.4 is 10.9 Å². The molecule has 7 heteroatoms. The van der Waals surface area contributed by atoms with Crippen LogP contribution in [0.2, 0.25) is 0 Å². The lowest BCUT2D eigenvalue weighted by Gasteiger charge is -2.11. The van der Waals surface area contributed by atoms with Gasteiger partial charge in [0.05, 0.1) is 11.1 Å². The van der Waals surface area contributed by atoms with Gasteiger partial charge in [0.15, 0.2) is 5.16 Å². The minimum atomic E-state index is -0.0923. The van der Waals surface area contributed by atoms with Crippen LogP contribution in [0, 0.1) is 0 Å². The summed E-state index contributed by atoms with van der Waals surface area (Å²) < 4.78 is 1.75. The number of aromatic nitrogens is 2. The number of nitrogens with one attached hydrogen (secondary N) is 1. The van der Waals surface area contributed by atoms with Gasteiger partial charge in [0.2, 0.25) is 5.91 Å². The van der Waals surface area contributed by atoms with Gasteiger partial charge in [0.1, 0.15) is 4.83 Å². The Kier molecular flexibility index (Phi) is 6.06. The normalized spacial score (nSPS) is 13.0. The summed E-state index contributed by atoms with van der Waals surface area (Å²) in [5, 5.41) is 4.37. The zero-order valence-corrected chi connectivity index (χ0v) is 18.4. The standard InChI is InChI=1S/C22H25N3O2S2/c1-3-12-25-21(27)19-16-6-5-7-17(16)29-20(19)24-22(25)28-13-18(26)23-15-10-8-14(4-2)9-11-15/h8-11H,3-7,12-13H2,1-2H3,(H,23,26). The quantitative estimate of drug-likeness (QED) is 0.440. The number of carbonyl (C=O) groups is 1. The fourth-order valence-electron chi connectivity index (χ4n) is 3.74. The van der Waals surface area contributed by atoms with E-state index in [2.05, 4.69) is 19.2 Å². The van der Waals surface area contributed by atoms with Crippen LogP contribution in [0.5, 0.6) is 0 Å². The predicted octanol–water partition coefficient (Wildman–Crippen LogP) is 4.65. The summed E-state index contributed by atoms with van der Waals surface area (Å²) in [5.41, 5.74) is 3.28. The molecule has 4 rings (SSSR count). The number of thioether (sulfide) groups is 1. The summed E-state index contributed by atoms with van der Waals surface area (Å²) in [4.78, 5) is 32.5. The maximum Gasteiger partial charge on any atom is 0.263 e. The lowest BCUT2D eigenvalue weighted by atomic mass is 10.1. The van der Waals surface area contributed by atoms with Gasteiger partial charge >= 0.3 is 0 Å². The Morgan fingerprint density at radius 3 is 2.76 bits per heavy atom. The SMILES string of the molecule is CCCn1c(SCC(=O)Nc2ccc(CC)cc2)nc2sc3c(c2c1=O)CCC3. The average molecular weight is 428 g/mol. The maximum absolute atomic E-state index is 13.2. The van der Waals surface area contributed by atoms with Gasteiger partial charge in [-0.2, -0.15) is 0 Å². The van der Waals surface area contributed by atoms with Gasteiger partial charge in [-0.05, 0) is 55.4 Å². The molecule has 152 valence electrons. The second kappa shape index (κ2) is 8.71. The number of aryl methyl sites for hydroxylation is 3.